The molecular weight excluding hydrogens is 482 g/mol. The molecule has 0 radical (unpaired) electrons. The maximum atomic E-state index is 2.40. The molecule has 1 heterocycles. The molecule has 1 nitrogen and oxygen atoms in total. The van der Waals surface area contributed by atoms with E-state index in [2.05, 4.69) is 157 Å². The van der Waals surface area contributed by atoms with Crippen LogP contribution in [0.15, 0.2) is 146 Å². The van der Waals surface area contributed by atoms with Crippen molar-refractivity contribution >= 4 is 43.4 Å². The van der Waals surface area contributed by atoms with E-state index in [1.165, 1.54) is 76.9 Å². The number of aryl methyl sites for hydroxylation is 1. The number of aromatic nitrogens is 1. The van der Waals surface area contributed by atoms with Gasteiger partial charge in [0.15, 0.2) is 0 Å². The standard InChI is InChI=1S/C39H27N/c1-26-25-28(40-36-21-11-9-15-30(36)31-16-10-12-22-37(31)40)23-24-29(26)39-34-19-7-5-17-32(34)38(27-13-3-2-4-14-27)33-18-6-8-20-35(33)39/h2-25H,1H3. The zero-order valence-corrected chi connectivity index (χ0v) is 22.3. The topological polar surface area (TPSA) is 4.93 Å². The summed E-state index contributed by atoms with van der Waals surface area (Å²) in [5.41, 5.74) is 10.1. The van der Waals surface area contributed by atoms with Gasteiger partial charge in [0.05, 0.1) is 11.0 Å². The van der Waals surface area contributed by atoms with Crippen LogP contribution in [0.1, 0.15) is 5.56 Å². The summed E-state index contributed by atoms with van der Waals surface area (Å²) in [6.07, 6.45) is 0. The molecular formula is C39H27N. The Morgan fingerprint density at radius 3 is 1.38 bits per heavy atom. The number of fused-ring (bicyclic) bond motifs is 5. The molecule has 40 heavy (non-hydrogen) atoms. The Bertz CT molecular complexity index is 2110. The predicted octanol–water partition coefficient (Wildman–Crippen LogP) is 10.7. The fourth-order valence-electron chi connectivity index (χ4n) is 6.60. The Balaban J connectivity index is 1.41. The van der Waals surface area contributed by atoms with Crippen molar-refractivity contribution in [3.8, 4) is 27.9 Å². The lowest BCUT2D eigenvalue weighted by molar-refractivity contribution is 1.17. The summed E-state index contributed by atoms with van der Waals surface area (Å²) in [5, 5.41) is 7.71. The van der Waals surface area contributed by atoms with Crippen LogP contribution in [0.4, 0.5) is 0 Å². The smallest absolute Gasteiger partial charge is 0.0541 e. The van der Waals surface area contributed by atoms with Crippen molar-refractivity contribution in [3.63, 3.8) is 0 Å². The highest BCUT2D eigenvalue weighted by Gasteiger charge is 2.18. The SMILES string of the molecule is Cc1cc(-n2c3ccccc3c3ccccc32)ccc1-c1c2ccccc2c(-c2ccccc2)c2ccccc12. The van der Waals surface area contributed by atoms with Crippen molar-refractivity contribution in [1.29, 1.82) is 0 Å². The molecule has 0 atom stereocenters. The molecule has 0 N–H and O–H groups in total. The third-order valence-electron chi connectivity index (χ3n) is 8.31. The molecule has 0 saturated carbocycles. The second-order valence-corrected chi connectivity index (χ2v) is 10.6. The predicted molar refractivity (Wildman–Crippen MR) is 171 cm³/mol. The Hall–Kier alpha value is -5.14. The van der Waals surface area contributed by atoms with Gasteiger partial charge >= 0.3 is 0 Å². The van der Waals surface area contributed by atoms with Gasteiger partial charge < -0.3 is 4.57 Å². The van der Waals surface area contributed by atoms with Crippen LogP contribution in [0, 0.1) is 6.92 Å². The van der Waals surface area contributed by atoms with Crippen LogP contribution in [0.5, 0.6) is 0 Å². The fourth-order valence-corrected chi connectivity index (χ4v) is 6.60. The van der Waals surface area contributed by atoms with Crippen molar-refractivity contribution < 1.29 is 0 Å². The van der Waals surface area contributed by atoms with Gasteiger partial charge in [0.1, 0.15) is 0 Å². The van der Waals surface area contributed by atoms with Crippen LogP contribution < -0.4 is 0 Å². The van der Waals surface area contributed by atoms with Gasteiger partial charge in [-0.05, 0) is 80.6 Å². The number of para-hydroxylation sites is 2. The molecule has 7 aromatic carbocycles. The minimum Gasteiger partial charge on any atom is -0.309 e. The first-order valence-corrected chi connectivity index (χ1v) is 13.9. The zero-order valence-electron chi connectivity index (χ0n) is 22.3. The minimum atomic E-state index is 1.19. The van der Waals surface area contributed by atoms with E-state index in [1.54, 1.807) is 0 Å². The highest BCUT2D eigenvalue weighted by molar-refractivity contribution is 6.21. The molecule has 0 fully saturated rings. The van der Waals surface area contributed by atoms with Gasteiger partial charge in [0.2, 0.25) is 0 Å². The molecule has 0 spiro atoms. The van der Waals surface area contributed by atoms with Gasteiger partial charge in [-0.2, -0.15) is 0 Å². The minimum absolute atomic E-state index is 1.19. The molecule has 0 aliphatic carbocycles. The fraction of sp³-hybridized carbons (Fsp3) is 0.0256. The number of hydrogen-bond acceptors (Lipinski definition) is 0. The summed E-state index contributed by atoms with van der Waals surface area (Å²) in [7, 11) is 0. The average Bonchev–Trinajstić information content (AvgIpc) is 3.35. The molecule has 1 heteroatoms. The first-order chi connectivity index (χ1) is 19.8. The van der Waals surface area contributed by atoms with Gasteiger partial charge in [-0.25, -0.2) is 0 Å². The van der Waals surface area contributed by atoms with E-state index in [1.807, 2.05) is 0 Å². The van der Waals surface area contributed by atoms with Gasteiger partial charge in [-0.15, -0.1) is 0 Å². The van der Waals surface area contributed by atoms with Crippen molar-refractivity contribution in [2.75, 3.05) is 0 Å². The van der Waals surface area contributed by atoms with Crippen LogP contribution >= 0.6 is 0 Å². The van der Waals surface area contributed by atoms with E-state index in [0.29, 0.717) is 0 Å². The molecule has 0 aliphatic heterocycles. The van der Waals surface area contributed by atoms with Crippen molar-refractivity contribution in [3.05, 3.63) is 151 Å². The average molecular weight is 510 g/mol. The van der Waals surface area contributed by atoms with Crippen molar-refractivity contribution in [2.45, 2.75) is 6.92 Å². The third-order valence-corrected chi connectivity index (χ3v) is 8.31. The molecule has 0 amide bonds. The number of rotatable bonds is 3. The first kappa shape index (κ1) is 22.8. The van der Waals surface area contributed by atoms with Crippen LogP contribution in [0.3, 0.4) is 0 Å². The molecule has 8 aromatic rings. The van der Waals surface area contributed by atoms with E-state index < -0.39 is 0 Å². The lowest BCUT2D eigenvalue weighted by Crippen LogP contribution is -1.96. The Morgan fingerprint density at radius 2 is 0.850 bits per heavy atom. The summed E-state index contributed by atoms with van der Waals surface area (Å²) in [6, 6.07) is 52.9. The van der Waals surface area contributed by atoms with Crippen LogP contribution in [0.2, 0.25) is 0 Å². The molecule has 0 aliphatic rings. The molecule has 1 aromatic heterocycles. The monoisotopic (exact) mass is 509 g/mol. The molecule has 0 bridgehead atoms. The Kier molecular flexibility index (Phi) is 5.11. The van der Waals surface area contributed by atoms with Gasteiger partial charge in [0, 0.05) is 16.5 Å². The lowest BCUT2D eigenvalue weighted by atomic mass is 9.85. The van der Waals surface area contributed by atoms with Crippen molar-refractivity contribution in [1.82, 2.24) is 4.57 Å². The lowest BCUT2D eigenvalue weighted by Gasteiger charge is -2.19. The summed E-state index contributed by atoms with van der Waals surface area (Å²) >= 11 is 0. The second kappa shape index (κ2) is 8.97. The summed E-state index contributed by atoms with van der Waals surface area (Å²) in [6.45, 7) is 2.25. The molecule has 188 valence electrons. The maximum Gasteiger partial charge on any atom is 0.0541 e. The molecule has 8 rings (SSSR count). The number of nitrogens with zero attached hydrogens (tertiary/aromatic N) is 1. The van der Waals surface area contributed by atoms with Crippen molar-refractivity contribution in [2.24, 2.45) is 0 Å². The highest BCUT2D eigenvalue weighted by Crippen LogP contribution is 2.44. The zero-order chi connectivity index (χ0) is 26.6. The largest absolute Gasteiger partial charge is 0.309 e. The molecule has 0 unspecified atom stereocenters. The highest BCUT2D eigenvalue weighted by atomic mass is 15.0. The van der Waals surface area contributed by atoms with E-state index in [9.17, 15) is 0 Å². The Labute approximate surface area is 233 Å². The number of benzene rings is 7. The van der Waals surface area contributed by atoms with E-state index in [0.717, 1.165) is 0 Å². The summed E-state index contributed by atoms with van der Waals surface area (Å²) < 4.78 is 2.40. The van der Waals surface area contributed by atoms with Gasteiger partial charge in [0.25, 0.3) is 0 Å². The van der Waals surface area contributed by atoms with E-state index in [-0.39, 0.29) is 0 Å². The van der Waals surface area contributed by atoms with Gasteiger partial charge in [-0.3, -0.25) is 0 Å². The normalized spacial score (nSPS) is 11.6. The quantitative estimate of drug-likeness (QED) is 0.209. The maximum absolute atomic E-state index is 2.40. The number of hydrogen-bond donors (Lipinski definition) is 0. The molecule has 0 saturated heterocycles. The van der Waals surface area contributed by atoms with E-state index >= 15 is 0 Å². The van der Waals surface area contributed by atoms with Crippen LogP contribution in [0.25, 0.3) is 71.3 Å². The Morgan fingerprint density at radius 1 is 0.400 bits per heavy atom. The van der Waals surface area contributed by atoms with Gasteiger partial charge in [-0.1, -0.05) is 121 Å². The van der Waals surface area contributed by atoms with Crippen LogP contribution in [-0.4, -0.2) is 4.57 Å². The van der Waals surface area contributed by atoms with Crippen LogP contribution in [-0.2, 0) is 0 Å². The van der Waals surface area contributed by atoms with E-state index in [4.69, 9.17) is 0 Å². The summed E-state index contributed by atoms with van der Waals surface area (Å²) in [4.78, 5) is 0. The second-order valence-electron chi connectivity index (χ2n) is 10.6. The summed E-state index contributed by atoms with van der Waals surface area (Å²) in [5.74, 6) is 0. The third kappa shape index (κ3) is 3.34. The first-order valence-electron chi connectivity index (χ1n) is 13.9.